The van der Waals surface area contributed by atoms with Crippen LogP contribution in [0.15, 0.2) is 12.3 Å². The van der Waals surface area contributed by atoms with E-state index >= 15 is 0 Å². The fourth-order valence-electron chi connectivity index (χ4n) is 3.12. The smallest absolute Gasteiger partial charge is 0.271 e. The lowest BCUT2D eigenvalue weighted by molar-refractivity contribution is 0.0925. The minimum absolute atomic E-state index is 0.101. The van der Waals surface area contributed by atoms with Crippen LogP contribution in [0.25, 0.3) is 0 Å². The summed E-state index contributed by atoms with van der Waals surface area (Å²) < 4.78 is 0. The van der Waals surface area contributed by atoms with Gasteiger partial charge in [-0.2, -0.15) is 5.10 Å². The summed E-state index contributed by atoms with van der Waals surface area (Å²) in [6.45, 7) is 7.54. The molecule has 1 atom stereocenters. The highest BCUT2D eigenvalue weighted by molar-refractivity contribution is 5.92. The number of carbonyl (C=O) groups excluding carboxylic acids is 1. The molecule has 1 saturated heterocycles. The average Bonchev–Trinajstić information content (AvgIpc) is 3.14. The Hall–Kier alpha value is -2.15. The molecule has 0 aromatic carbocycles. The molecule has 1 fully saturated rings. The number of aromatic nitrogens is 4. The highest BCUT2D eigenvalue weighted by Crippen LogP contribution is 2.17. The molecule has 0 bridgehead atoms. The van der Waals surface area contributed by atoms with Gasteiger partial charge >= 0.3 is 0 Å². The lowest BCUT2D eigenvalue weighted by atomic mass is 9.98. The van der Waals surface area contributed by atoms with Crippen molar-refractivity contribution in [2.24, 2.45) is 5.92 Å². The molecule has 124 valence electrons. The minimum atomic E-state index is -0.101. The van der Waals surface area contributed by atoms with E-state index in [1.807, 2.05) is 20.0 Å². The summed E-state index contributed by atoms with van der Waals surface area (Å²) in [5, 5.41) is 9.79. The highest BCUT2D eigenvalue weighted by atomic mass is 16.1. The molecule has 2 aromatic heterocycles. The number of piperidine rings is 1. The molecule has 1 amide bonds. The van der Waals surface area contributed by atoms with Crippen molar-refractivity contribution in [1.29, 1.82) is 0 Å². The van der Waals surface area contributed by atoms with Crippen LogP contribution in [0.1, 0.15) is 40.5 Å². The van der Waals surface area contributed by atoms with Crippen LogP contribution in [0.2, 0.25) is 0 Å². The third kappa shape index (κ3) is 4.19. The number of H-pyrrole nitrogens is 2. The fourth-order valence-corrected chi connectivity index (χ4v) is 3.12. The highest BCUT2D eigenvalue weighted by Gasteiger charge is 2.21. The average molecular weight is 316 g/mol. The van der Waals surface area contributed by atoms with E-state index in [9.17, 15) is 4.79 Å². The van der Waals surface area contributed by atoms with Crippen molar-refractivity contribution >= 4 is 5.91 Å². The van der Waals surface area contributed by atoms with Gasteiger partial charge in [-0.05, 0) is 45.2 Å². The Morgan fingerprint density at radius 2 is 2.35 bits per heavy atom. The Morgan fingerprint density at radius 1 is 1.48 bits per heavy atom. The first-order chi connectivity index (χ1) is 11.1. The van der Waals surface area contributed by atoms with Crippen molar-refractivity contribution in [2.45, 2.75) is 33.2 Å². The molecule has 23 heavy (non-hydrogen) atoms. The monoisotopic (exact) mass is 316 g/mol. The number of nitrogens with one attached hydrogen (secondary N) is 3. The maximum atomic E-state index is 12.1. The number of aromatic amines is 2. The number of amides is 1. The van der Waals surface area contributed by atoms with Crippen LogP contribution in [0.5, 0.6) is 0 Å². The quantitative estimate of drug-likeness (QED) is 0.777. The number of nitrogens with zero attached hydrogens (tertiary/aromatic N) is 3. The van der Waals surface area contributed by atoms with E-state index in [1.165, 1.54) is 0 Å². The van der Waals surface area contributed by atoms with Gasteiger partial charge in [0.05, 0.1) is 0 Å². The minimum Gasteiger partial charge on any atom is -0.350 e. The zero-order valence-electron chi connectivity index (χ0n) is 13.7. The van der Waals surface area contributed by atoms with Crippen molar-refractivity contribution in [2.75, 3.05) is 19.6 Å². The molecular formula is C16H24N6O. The largest absolute Gasteiger partial charge is 0.350 e. The molecule has 2 aromatic rings. The van der Waals surface area contributed by atoms with Gasteiger partial charge in [-0.25, -0.2) is 4.98 Å². The number of carbonyl (C=O) groups is 1. The normalized spacial score (nSPS) is 19.0. The summed E-state index contributed by atoms with van der Waals surface area (Å²) in [6.07, 6.45) is 4.22. The maximum absolute atomic E-state index is 12.1. The number of hydrogen-bond acceptors (Lipinski definition) is 4. The molecular weight excluding hydrogens is 292 g/mol. The third-order valence-corrected chi connectivity index (χ3v) is 4.24. The lowest BCUT2D eigenvalue weighted by Gasteiger charge is -2.32. The summed E-state index contributed by atoms with van der Waals surface area (Å²) in [7, 11) is 0. The van der Waals surface area contributed by atoms with E-state index in [0.29, 0.717) is 18.2 Å². The lowest BCUT2D eigenvalue weighted by Crippen LogP contribution is -2.40. The van der Waals surface area contributed by atoms with E-state index in [0.717, 1.165) is 49.7 Å². The van der Waals surface area contributed by atoms with Gasteiger partial charge < -0.3 is 10.3 Å². The zero-order chi connectivity index (χ0) is 16.2. The van der Waals surface area contributed by atoms with Crippen molar-refractivity contribution < 1.29 is 4.79 Å². The number of likely N-dealkylation sites (tertiary alicyclic amines) is 1. The first kappa shape index (κ1) is 15.7. The SMILES string of the molecule is Cc1cc(C(=O)NCC2CCCN(Cc3cnc(C)[nH]3)C2)n[nH]1. The summed E-state index contributed by atoms with van der Waals surface area (Å²) in [5.41, 5.74) is 2.51. The van der Waals surface area contributed by atoms with Gasteiger partial charge in [-0.3, -0.25) is 14.8 Å². The predicted molar refractivity (Wildman–Crippen MR) is 87.0 cm³/mol. The van der Waals surface area contributed by atoms with Crippen LogP contribution in [-0.4, -0.2) is 50.6 Å². The molecule has 0 radical (unpaired) electrons. The van der Waals surface area contributed by atoms with Gasteiger partial charge in [0, 0.05) is 37.2 Å². The third-order valence-electron chi connectivity index (χ3n) is 4.24. The van der Waals surface area contributed by atoms with Gasteiger partial charge in [0.2, 0.25) is 0 Å². The molecule has 7 heteroatoms. The summed E-state index contributed by atoms with van der Waals surface area (Å²) in [5.74, 6) is 1.34. The molecule has 3 rings (SSSR count). The Balaban J connectivity index is 1.47. The molecule has 3 heterocycles. The Bertz CT molecular complexity index is 661. The Morgan fingerprint density at radius 3 is 3.04 bits per heavy atom. The van der Waals surface area contributed by atoms with Gasteiger partial charge in [0.1, 0.15) is 11.5 Å². The molecule has 7 nitrogen and oxygen atoms in total. The number of aryl methyl sites for hydroxylation is 2. The maximum Gasteiger partial charge on any atom is 0.271 e. The summed E-state index contributed by atoms with van der Waals surface area (Å²) in [4.78, 5) is 22.0. The van der Waals surface area contributed by atoms with Crippen LogP contribution in [0.4, 0.5) is 0 Å². The van der Waals surface area contributed by atoms with E-state index in [4.69, 9.17) is 0 Å². The first-order valence-corrected chi connectivity index (χ1v) is 8.13. The van der Waals surface area contributed by atoms with Crippen molar-refractivity contribution in [1.82, 2.24) is 30.4 Å². The van der Waals surface area contributed by atoms with Crippen LogP contribution in [0, 0.1) is 19.8 Å². The summed E-state index contributed by atoms with van der Waals surface area (Å²) in [6, 6.07) is 1.77. The van der Waals surface area contributed by atoms with E-state index in [2.05, 4.69) is 30.4 Å². The van der Waals surface area contributed by atoms with Crippen molar-refractivity contribution in [3.8, 4) is 0 Å². The fraction of sp³-hybridized carbons (Fsp3) is 0.562. The molecule has 1 unspecified atom stereocenters. The van der Waals surface area contributed by atoms with Crippen LogP contribution in [-0.2, 0) is 6.54 Å². The van der Waals surface area contributed by atoms with E-state index in [1.54, 1.807) is 6.07 Å². The molecule has 3 N–H and O–H groups in total. The van der Waals surface area contributed by atoms with Gasteiger partial charge in [-0.1, -0.05) is 0 Å². The second-order valence-corrected chi connectivity index (χ2v) is 6.38. The van der Waals surface area contributed by atoms with Crippen LogP contribution >= 0.6 is 0 Å². The molecule has 0 spiro atoms. The molecule has 0 saturated carbocycles. The zero-order valence-corrected chi connectivity index (χ0v) is 13.7. The number of rotatable bonds is 5. The van der Waals surface area contributed by atoms with Crippen molar-refractivity contribution in [3.63, 3.8) is 0 Å². The first-order valence-electron chi connectivity index (χ1n) is 8.13. The van der Waals surface area contributed by atoms with Crippen LogP contribution in [0.3, 0.4) is 0 Å². The second kappa shape index (κ2) is 6.95. The van der Waals surface area contributed by atoms with Gasteiger partial charge in [0.25, 0.3) is 5.91 Å². The molecule has 1 aliphatic rings. The summed E-state index contributed by atoms with van der Waals surface area (Å²) >= 11 is 0. The van der Waals surface area contributed by atoms with E-state index in [-0.39, 0.29) is 5.91 Å². The Kier molecular flexibility index (Phi) is 4.76. The molecule has 1 aliphatic heterocycles. The van der Waals surface area contributed by atoms with Crippen molar-refractivity contribution in [3.05, 3.63) is 35.2 Å². The van der Waals surface area contributed by atoms with Crippen LogP contribution < -0.4 is 5.32 Å². The second-order valence-electron chi connectivity index (χ2n) is 6.38. The Labute approximate surface area is 135 Å². The molecule has 0 aliphatic carbocycles. The number of imidazole rings is 1. The standard InChI is InChI=1S/C16H24N6O/c1-11-6-15(21-20-11)16(23)18-7-13-4-3-5-22(9-13)10-14-8-17-12(2)19-14/h6,8,13H,3-5,7,9-10H2,1-2H3,(H,17,19)(H,18,23)(H,20,21). The van der Waals surface area contributed by atoms with Gasteiger partial charge in [0.15, 0.2) is 0 Å². The van der Waals surface area contributed by atoms with Gasteiger partial charge in [-0.15, -0.1) is 0 Å². The number of hydrogen-bond donors (Lipinski definition) is 3. The predicted octanol–water partition coefficient (Wildman–Crippen LogP) is 1.39. The van der Waals surface area contributed by atoms with E-state index < -0.39 is 0 Å². The topological polar surface area (TPSA) is 89.7 Å².